The lowest BCUT2D eigenvalue weighted by Gasteiger charge is -2.13. The SMILES string of the molecule is CN(C)CCNc1nc(-c2cccnc2)nc2ccc(Cl)cc12.Cl.Cl.Cl. The molecule has 0 aliphatic carbocycles. The Hall–Kier alpha value is -1.37. The van der Waals surface area contributed by atoms with Gasteiger partial charge in [0.15, 0.2) is 5.82 Å². The lowest BCUT2D eigenvalue weighted by molar-refractivity contribution is 0.425. The summed E-state index contributed by atoms with van der Waals surface area (Å²) in [4.78, 5) is 15.6. The topological polar surface area (TPSA) is 53.9 Å². The predicted octanol–water partition coefficient (Wildman–Crippen LogP) is 4.58. The molecule has 2 aromatic heterocycles. The molecule has 9 heteroatoms. The van der Waals surface area contributed by atoms with Gasteiger partial charge in [-0.05, 0) is 44.4 Å². The molecular formula is C17H21Cl4N5. The van der Waals surface area contributed by atoms with Gasteiger partial charge in [-0.15, -0.1) is 37.2 Å². The Morgan fingerprint density at radius 2 is 1.85 bits per heavy atom. The van der Waals surface area contributed by atoms with E-state index in [1.165, 1.54) is 0 Å². The fourth-order valence-corrected chi connectivity index (χ4v) is 2.43. The highest BCUT2D eigenvalue weighted by Crippen LogP contribution is 2.27. The number of halogens is 4. The average Bonchev–Trinajstić information content (AvgIpc) is 2.55. The largest absolute Gasteiger partial charge is 0.368 e. The van der Waals surface area contributed by atoms with Crippen LogP contribution in [-0.4, -0.2) is 47.0 Å². The summed E-state index contributed by atoms with van der Waals surface area (Å²) >= 11 is 6.13. The maximum absolute atomic E-state index is 6.13. The standard InChI is InChI=1S/C17H18ClN5.3ClH/c1-23(2)9-8-20-17-14-10-13(18)5-6-15(14)21-16(22-17)12-4-3-7-19-11-12;;;/h3-7,10-11H,8-9H2,1-2H3,(H,20,21,22);3*1H. The molecule has 0 saturated carbocycles. The number of hydrogen-bond donors (Lipinski definition) is 1. The van der Waals surface area contributed by atoms with Crippen LogP contribution >= 0.6 is 48.8 Å². The zero-order valence-electron chi connectivity index (χ0n) is 14.3. The summed E-state index contributed by atoms with van der Waals surface area (Å²) in [5.74, 6) is 1.44. The van der Waals surface area contributed by atoms with E-state index in [1.54, 1.807) is 12.4 Å². The zero-order chi connectivity index (χ0) is 16.2. The van der Waals surface area contributed by atoms with Gasteiger partial charge in [-0.3, -0.25) is 4.98 Å². The minimum Gasteiger partial charge on any atom is -0.368 e. The Balaban J connectivity index is 0.00000208. The normalized spacial score (nSPS) is 9.85. The summed E-state index contributed by atoms with van der Waals surface area (Å²) in [5, 5.41) is 4.98. The van der Waals surface area contributed by atoms with Crippen LogP contribution in [0.4, 0.5) is 5.82 Å². The van der Waals surface area contributed by atoms with Gasteiger partial charge in [0.05, 0.1) is 5.52 Å². The highest BCUT2D eigenvalue weighted by molar-refractivity contribution is 6.31. The molecule has 1 aromatic carbocycles. The number of benzene rings is 1. The van der Waals surface area contributed by atoms with Gasteiger partial charge < -0.3 is 10.2 Å². The van der Waals surface area contributed by atoms with Gasteiger partial charge in [-0.25, -0.2) is 9.97 Å². The Labute approximate surface area is 176 Å². The third-order valence-corrected chi connectivity index (χ3v) is 3.66. The molecule has 0 unspecified atom stereocenters. The quantitative estimate of drug-likeness (QED) is 0.634. The summed E-state index contributed by atoms with van der Waals surface area (Å²) in [6.07, 6.45) is 3.50. The van der Waals surface area contributed by atoms with Gasteiger partial charge in [-0.2, -0.15) is 0 Å². The van der Waals surface area contributed by atoms with Gasteiger partial charge in [0.2, 0.25) is 0 Å². The Bertz CT molecular complexity index is 815. The third-order valence-electron chi connectivity index (χ3n) is 3.43. The number of aromatic nitrogens is 3. The van der Waals surface area contributed by atoms with E-state index in [0.717, 1.165) is 35.4 Å². The first-order chi connectivity index (χ1) is 11.1. The van der Waals surface area contributed by atoms with Crippen molar-refractivity contribution in [1.82, 2.24) is 19.9 Å². The van der Waals surface area contributed by atoms with Crippen molar-refractivity contribution in [3.8, 4) is 11.4 Å². The van der Waals surface area contributed by atoms with Crippen LogP contribution in [0.3, 0.4) is 0 Å². The van der Waals surface area contributed by atoms with Gasteiger partial charge in [-0.1, -0.05) is 11.6 Å². The third kappa shape index (κ3) is 6.11. The van der Waals surface area contributed by atoms with Crippen LogP contribution < -0.4 is 5.32 Å². The molecule has 0 fully saturated rings. The number of nitrogens with zero attached hydrogens (tertiary/aromatic N) is 4. The van der Waals surface area contributed by atoms with E-state index >= 15 is 0 Å². The summed E-state index contributed by atoms with van der Waals surface area (Å²) in [7, 11) is 4.08. The van der Waals surface area contributed by atoms with Crippen LogP contribution in [0.1, 0.15) is 0 Å². The number of pyridine rings is 1. The van der Waals surface area contributed by atoms with Crippen molar-refractivity contribution in [2.45, 2.75) is 0 Å². The van der Waals surface area contributed by atoms with E-state index < -0.39 is 0 Å². The summed E-state index contributed by atoms with van der Waals surface area (Å²) < 4.78 is 0. The molecule has 26 heavy (non-hydrogen) atoms. The fourth-order valence-electron chi connectivity index (χ4n) is 2.26. The molecule has 0 radical (unpaired) electrons. The van der Waals surface area contributed by atoms with Crippen molar-refractivity contribution in [3.05, 3.63) is 47.7 Å². The summed E-state index contributed by atoms with van der Waals surface area (Å²) in [6.45, 7) is 1.70. The van der Waals surface area contributed by atoms with E-state index in [9.17, 15) is 0 Å². The maximum Gasteiger partial charge on any atom is 0.163 e. The van der Waals surface area contributed by atoms with Crippen molar-refractivity contribution < 1.29 is 0 Å². The van der Waals surface area contributed by atoms with Crippen molar-refractivity contribution in [1.29, 1.82) is 0 Å². The minimum atomic E-state index is 0. The molecule has 2 heterocycles. The van der Waals surface area contributed by atoms with E-state index in [2.05, 4.69) is 25.2 Å². The Morgan fingerprint density at radius 1 is 1.08 bits per heavy atom. The number of hydrogen-bond acceptors (Lipinski definition) is 5. The molecule has 0 amide bonds. The molecule has 0 bridgehead atoms. The molecule has 5 nitrogen and oxygen atoms in total. The van der Waals surface area contributed by atoms with Crippen molar-refractivity contribution >= 4 is 65.5 Å². The molecule has 0 aliphatic rings. The predicted molar refractivity (Wildman–Crippen MR) is 117 cm³/mol. The van der Waals surface area contributed by atoms with Crippen LogP contribution in [-0.2, 0) is 0 Å². The molecule has 0 saturated heterocycles. The number of likely N-dealkylation sites (N-methyl/N-ethyl adjacent to an activating group) is 1. The van der Waals surface area contributed by atoms with E-state index in [-0.39, 0.29) is 37.2 Å². The first-order valence-electron chi connectivity index (χ1n) is 7.40. The molecular weight excluding hydrogens is 416 g/mol. The Kier molecular flexibility index (Phi) is 10.8. The molecule has 0 aliphatic heterocycles. The second-order valence-corrected chi connectivity index (χ2v) is 5.97. The average molecular weight is 437 g/mol. The van der Waals surface area contributed by atoms with E-state index in [1.807, 2.05) is 44.4 Å². The van der Waals surface area contributed by atoms with Crippen molar-refractivity contribution in [2.75, 3.05) is 32.5 Å². The molecule has 0 spiro atoms. The van der Waals surface area contributed by atoms with Crippen LogP contribution in [0.2, 0.25) is 5.02 Å². The Morgan fingerprint density at radius 3 is 2.50 bits per heavy atom. The van der Waals surface area contributed by atoms with Crippen molar-refractivity contribution in [3.63, 3.8) is 0 Å². The number of fused-ring (bicyclic) bond motifs is 1. The smallest absolute Gasteiger partial charge is 0.163 e. The van der Waals surface area contributed by atoms with Crippen LogP contribution in [0, 0.1) is 0 Å². The number of anilines is 1. The van der Waals surface area contributed by atoms with Gasteiger partial charge in [0.25, 0.3) is 0 Å². The molecule has 3 rings (SSSR count). The monoisotopic (exact) mass is 435 g/mol. The molecule has 1 N–H and O–H groups in total. The second kappa shape index (κ2) is 11.4. The first-order valence-corrected chi connectivity index (χ1v) is 7.77. The molecule has 0 atom stereocenters. The summed E-state index contributed by atoms with van der Waals surface area (Å²) in [6, 6.07) is 9.48. The fraction of sp³-hybridized carbons (Fsp3) is 0.235. The van der Waals surface area contributed by atoms with Gasteiger partial charge >= 0.3 is 0 Å². The lowest BCUT2D eigenvalue weighted by atomic mass is 10.2. The number of nitrogens with one attached hydrogen (secondary N) is 1. The van der Waals surface area contributed by atoms with Crippen molar-refractivity contribution in [2.24, 2.45) is 0 Å². The molecule has 3 aromatic rings. The van der Waals surface area contributed by atoms with E-state index in [0.29, 0.717) is 10.8 Å². The highest BCUT2D eigenvalue weighted by atomic mass is 35.5. The van der Waals surface area contributed by atoms with Crippen LogP contribution in [0.5, 0.6) is 0 Å². The molecule has 142 valence electrons. The number of rotatable bonds is 5. The van der Waals surface area contributed by atoms with Crippen LogP contribution in [0.25, 0.3) is 22.3 Å². The summed E-state index contributed by atoms with van der Waals surface area (Å²) in [5.41, 5.74) is 1.75. The van der Waals surface area contributed by atoms with Gasteiger partial charge in [0.1, 0.15) is 5.82 Å². The van der Waals surface area contributed by atoms with E-state index in [4.69, 9.17) is 11.6 Å². The highest BCUT2D eigenvalue weighted by Gasteiger charge is 2.10. The van der Waals surface area contributed by atoms with Gasteiger partial charge in [0, 0.05) is 41.5 Å². The zero-order valence-corrected chi connectivity index (χ0v) is 17.6. The first kappa shape index (κ1) is 24.6. The second-order valence-electron chi connectivity index (χ2n) is 5.53. The minimum absolute atomic E-state index is 0. The lowest BCUT2D eigenvalue weighted by Crippen LogP contribution is -2.21. The maximum atomic E-state index is 6.13. The van der Waals surface area contributed by atoms with Crippen LogP contribution in [0.15, 0.2) is 42.7 Å².